The third-order valence-corrected chi connectivity index (χ3v) is 4.55. The molecule has 112 valence electrons. The molecule has 5 heteroatoms. The summed E-state index contributed by atoms with van der Waals surface area (Å²) in [5.74, 6) is 1.01. The molecule has 2 rings (SSSR count). The summed E-state index contributed by atoms with van der Waals surface area (Å²) in [6, 6.07) is 2.11. The highest BCUT2D eigenvalue weighted by molar-refractivity contribution is 6.18. The molecule has 0 aliphatic heterocycles. The molecule has 1 aliphatic rings. The number of carbonyl (C=O) groups is 1. The van der Waals surface area contributed by atoms with E-state index in [0.29, 0.717) is 24.0 Å². The Morgan fingerprint density at radius 2 is 2.20 bits per heavy atom. The van der Waals surface area contributed by atoms with Crippen molar-refractivity contribution in [1.82, 2.24) is 15.1 Å². The van der Waals surface area contributed by atoms with Crippen LogP contribution < -0.4 is 5.32 Å². The van der Waals surface area contributed by atoms with Gasteiger partial charge in [-0.2, -0.15) is 5.10 Å². The Hall–Kier alpha value is -1.03. The van der Waals surface area contributed by atoms with Gasteiger partial charge in [-0.05, 0) is 38.2 Å². The fraction of sp³-hybridized carbons (Fsp3) is 0.733. The van der Waals surface area contributed by atoms with Crippen molar-refractivity contribution < 1.29 is 4.79 Å². The van der Waals surface area contributed by atoms with Crippen LogP contribution in [0.1, 0.15) is 55.7 Å². The van der Waals surface area contributed by atoms with Gasteiger partial charge in [0.05, 0.1) is 5.69 Å². The van der Waals surface area contributed by atoms with Gasteiger partial charge < -0.3 is 5.32 Å². The molecule has 1 aromatic rings. The molecule has 1 aromatic heterocycles. The molecule has 0 bridgehead atoms. The molecule has 20 heavy (non-hydrogen) atoms. The van der Waals surface area contributed by atoms with Gasteiger partial charge in [-0.25, -0.2) is 0 Å². The Balaban J connectivity index is 2.08. The second-order valence-electron chi connectivity index (χ2n) is 5.47. The summed E-state index contributed by atoms with van der Waals surface area (Å²) < 4.78 is 1.78. The third kappa shape index (κ3) is 3.35. The fourth-order valence-electron chi connectivity index (χ4n) is 2.89. The number of aryl methyl sites for hydroxylation is 2. The van der Waals surface area contributed by atoms with Gasteiger partial charge in [0, 0.05) is 18.5 Å². The number of halogens is 1. The molecule has 1 N–H and O–H groups in total. The largest absolute Gasteiger partial charge is 0.348 e. The normalized spacial score (nSPS) is 22.8. The second-order valence-corrected chi connectivity index (χ2v) is 5.78. The molecule has 4 nitrogen and oxygen atoms in total. The van der Waals surface area contributed by atoms with Gasteiger partial charge >= 0.3 is 0 Å². The van der Waals surface area contributed by atoms with Gasteiger partial charge in [-0.3, -0.25) is 9.48 Å². The predicted octanol–water partition coefficient (Wildman–Crippen LogP) is 2.99. The van der Waals surface area contributed by atoms with Crippen molar-refractivity contribution in [3.8, 4) is 0 Å². The van der Waals surface area contributed by atoms with Crippen molar-refractivity contribution >= 4 is 17.5 Å². The molecule has 2 unspecified atom stereocenters. The van der Waals surface area contributed by atoms with E-state index in [0.717, 1.165) is 25.0 Å². The molecule has 0 spiro atoms. The van der Waals surface area contributed by atoms with Crippen molar-refractivity contribution in [2.24, 2.45) is 5.92 Å². The third-order valence-electron chi connectivity index (χ3n) is 4.15. The SMILES string of the molecule is CCc1cc(C(=O)NC2CCCCC2CCl)n(CC)n1. The minimum atomic E-state index is -0.0129. The first-order chi connectivity index (χ1) is 9.69. The van der Waals surface area contributed by atoms with Crippen molar-refractivity contribution in [2.75, 3.05) is 5.88 Å². The summed E-state index contributed by atoms with van der Waals surface area (Å²) in [5.41, 5.74) is 1.64. The average Bonchev–Trinajstić information content (AvgIpc) is 2.91. The van der Waals surface area contributed by atoms with Gasteiger partial charge in [0.1, 0.15) is 5.69 Å². The van der Waals surface area contributed by atoms with Crippen LogP contribution in [0.4, 0.5) is 0 Å². The topological polar surface area (TPSA) is 46.9 Å². The Morgan fingerprint density at radius 3 is 2.85 bits per heavy atom. The van der Waals surface area contributed by atoms with Gasteiger partial charge in [0.15, 0.2) is 0 Å². The summed E-state index contributed by atoms with van der Waals surface area (Å²) in [4.78, 5) is 12.5. The van der Waals surface area contributed by atoms with E-state index in [1.807, 2.05) is 13.0 Å². The van der Waals surface area contributed by atoms with Crippen LogP contribution in [-0.4, -0.2) is 27.6 Å². The number of hydrogen-bond acceptors (Lipinski definition) is 2. The first-order valence-electron chi connectivity index (χ1n) is 7.63. The molecular weight excluding hydrogens is 274 g/mol. The maximum Gasteiger partial charge on any atom is 0.269 e. The Morgan fingerprint density at radius 1 is 1.45 bits per heavy atom. The number of amides is 1. The molecule has 0 radical (unpaired) electrons. The van der Waals surface area contributed by atoms with E-state index in [4.69, 9.17) is 11.6 Å². The highest BCUT2D eigenvalue weighted by Gasteiger charge is 2.27. The molecule has 1 amide bonds. The number of carbonyl (C=O) groups excluding carboxylic acids is 1. The first kappa shape index (κ1) is 15.4. The summed E-state index contributed by atoms with van der Waals surface area (Å²) in [6.07, 6.45) is 5.38. The number of rotatable bonds is 5. The number of hydrogen-bond donors (Lipinski definition) is 1. The lowest BCUT2D eigenvalue weighted by Crippen LogP contribution is -2.43. The summed E-state index contributed by atoms with van der Waals surface area (Å²) in [5, 5.41) is 7.59. The fourth-order valence-corrected chi connectivity index (χ4v) is 3.26. The number of nitrogens with one attached hydrogen (secondary N) is 1. The molecule has 2 atom stereocenters. The van der Waals surface area contributed by atoms with Crippen molar-refractivity contribution in [2.45, 2.75) is 58.5 Å². The van der Waals surface area contributed by atoms with Crippen molar-refractivity contribution in [1.29, 1.82) is 0 Å². The van der Waals surface area contributed by atoms with E-state index in [1.165, 1.54) is 12.8 Å². The zero-order chi connectivity index (χ0) is 14.5. The van der Waals surface area contributed by atoms with Gasteiger partial charge in [0.25, 0.3) is 5.91 Å². The molecule has 0 saturated heterocycles. The lowest BCUT2D eigenvalue weighted by atomic mass is 9.85. The van der Waals surface area contributed by atoms with Crippen molar-refractivity contribution in [3.05, 3.63) is 17.5 Å². The van der Waals surface area contributed by atoms with Crippen LogP contribution in [0.25, 0.3) is 0 Å². The summed E-state index contributed by atoms with van der Waals surface area (Å²) >= 11 is 6.02. The highest BCUT2D eigenvalue weighted by Crippen LogP contribution is 2.25. The van der Waals surface area contributed by atoms with E-state index >= 15 is 0 Å². The molecule has 1 aliphatic carbocycles. The Labute approximate surface area is 125 Å². The average molecular weight is 298 g/mol. The number of aromatic nitrogens is 2. The van der Waals surface area contributed by atoms with E-state index in [-0.39, 0.29) is 11.9 Å². The van der Waals surface area contributed by atoms with Crippen LogP contribution in [0.15, 0.2) is 6.07 Å². The predicted molar refractivity (Wildman–Crippen MR) is 81.2 cm³/mol. The molecule has 1 saturated carbocycles. The lowest BCUT2D eigenvalue weighted by Gasteiger charge is -2.30. The smallest absolute Gasteiger partial charge is 0.269 e. The Bertz CT molecular complexity index is 458. The Kier molecular flexibility index (Phi) is 5.46. The number of nitrogens with zero attached hydrogens (tertiary/aromatic N) is 2. The highest BCUT2D eigenvalue weighted by atomic mass is 35.5. The summed E-state index contributed by atoms with van der Waals surface area (Å²) in [7, 11) is 0. The quantitative estimate of drug-likeness (QED) is 0.849. The van der Waals surface area contributed by atoms with Gasteiger partial charge in [-0.1, -0.05) is 19.8 Å². The van der Waals surface area contributed by atoms with E-state index in [9.17, 15) is 4.79 Å². The monoisotopic (exact) mass is 297 g/mol. The zero-order valence-corrected chi connectivity index (χ0v) is 13.1. The minimum Gasteiger partial charge on any atom is -0.348 e. The summed E-state index contributed by atoms with van der Waals surface area (Å²) in [6.45, 7) is 4.77. The molecule has 1 fully saturated rings. The van der Waals surface area contributed by atoms with Gasteiger partial charge in [-0.15, -0.1) is 11.6 Å². The number of alkyl halides is 1. The molecule has 0 aromatic carbocycles. The lowest BCUT2D eigenvalue weighted by molar-refractivity contribution is 0.0900. The second kappa shape index (κ2) is 7.11. The van der Waals surface area contributed by atoms with Crippen LogP contribution >= 0.6 is 11.6 Å². The van der Waals surface area contributed by atoms with E-state index in [1.54, 1.807) is 4.68 Å². The maximum absolute atomic E-state index is 12.5. The van der Waals surface area contributed by atoms with Crippen LogP contribution in [0.3, 0.4) is 0 Å². The van der Waals surface area contributed by atoms with E-state index < -0.39 is 0 Å². The van der Waals surface area contributed by atoms with Gasteiger partial charge in [0.2, 0.25) is 0 Å². The minimum absolute atomic E-state index is 0.0129. The van der Waals surface area contributed by atoms with Crippen molar-refractivity contribution in [3.63, 3.8) is 0 Å². The van der Waals surface area contributed by atoms with E-state index in [2.05, 4.69) is 17.3 Å². The zero-order valence-electron chi connectivity index (χ0n) is 12.4. The van der Waals surface area contributed by atoms with Crippen LogP contribution in [-0.2, 0) is 13.0 Å². The van der Waals surface area contributed by atoms with Crippen LogP contribution in [0, 0.1) is 5.92 Å². The standard InChI is InChI=1S/C15H24ClN3O/c1-3-12-9-14(19(4-2)18-12)15(20)17-13-8-6-5-7-11(13)10-16/h9,11,13H,3-8,10H2,1-2H3,(H,17,20). The first-order valence-corrected chi connectivity index (χ1v) is 8.16. The molecular formula is C15H24ClN3O. The van der Waals surface area contributed by atoms with Crippen LogP contribution in [0.5, 0.6) is 0 Å². The van der Waals surface area contributed by atoms with Crippen LogP contribution in [0.2, 0.25) is 0 Å². The maximum atomic E-state index is 12.5. The molecule has 1 heterocycles.